The van der Waals surface area contributed by atoms with Crippen molar-refractivity contribution in [3.05, 3.63) is 87.1 Å². The molecule has 0 unspecified atom stereocenters. The SMILES string of the molecule is Cc1ccc(-n2nc(C(=O)N/N=C/c3ccncc3)c(C)c(C#N)c2=O)cc1. The van der Waals surface area contributed by atoms with Gasteiger partial charge in [0, 0.05) is 18.0 Å². The Labute approximate surface area is 160 Å². The third-order valence-corrected chi connectivity index (χ3v) is 4.03. The van der Waals surface area contributed by atoms with Gasteiger partial charge in [0.1, 0.15) is 11.6 Å². The van der Waals surface area contributed by atoms with E-state index in [1.807, 2.05) is 25.1 Å². The van der Waals surface area contributed by atoms with Crippen LogP contribution >= 0.6 is 0 Å². The Kier molecular flexibility index (Phi) is 5.37. The van der Waals surface area contributed by atoms with E-state index in [-0.39, 0.29) is 16.8 Å². The molecule has 3 aromatic rings. The Morgan fingerprint density at radius 2 is 1.86 bits per heavy atom. The molecule has 0 aliphatic carbocycles. The van der Waals surface area contributed by atoms with Gasteiger partial charge in [0.05, 0.1) is 11.9 Å². The standard InChI is InChI=1S/C20H16N6O2/c1-13-3-5-16(6-4-13)26-20(28)17(11-21)14(2)18(25-26)19(27)24-23-12-15-7-9-22-10-8-15/h3-10,12H,1-2H3,(H,24,27)/b23-12+. The van der Waals surface area contributed by atoms with Crippen LogP contribution in [0.2, 0.25) is 0 Å². The summed E-state index contributed by atoms with van der Waals surface area (Å²) in [5.74, 6) is -0.625. The second kappa shape index (κ2) is 8.05. The lowest BCUT2D eigenvalue weighted by Crippen LogP contribution is -2.31. The van der Waals surface area contributed by atoms with Crippen molar-refractivity contribution in [1.82, 2.24) is 20.2 Å². The number of hydrazone groups is 1. The molecule has 138 valence electrons. The van der Waals surface area contributed by atoms with E-state index in [0.29, 0.717) is 5.69 Å². The number of hydrogen-bond donors (Lipinski definition) is 1. The molecule has 28 heavy (non-hydrogen) atoms. The molecule has 0 spiro atoms. The van der Waals surface area contributed by atoms with Gasteiger partial charge in [0.25, 0.3) is 11.5 Å². The first-order valence-corrected chi connectivity index (χ1v) is 8.35. The van der Waals surface area contributed by atoms with Crippen molar-refractivity contribution in [3.8, 4) is 11.8 Å². The zero-order chi connectivity index (χ0) is 20.1. The molecular weight excluding hydrogens is 356 g/mol. The number of aromatic nitrogens is 3. The third kappa shape index (κ3) is 3.83. The summed E-state index contributed by atoms with van der Waals surface area (Å²) >= 11 is 0. The molecule has 0 radical (unpaired) electrons. The number of carbonyl (C=O) groups is 1. The number of rotatable bonds is 4. The van der Waals surface area contributed by atoms with Gasteiger partial charge >= 0.3 is 0 Å². The van der Waals surface area contributed by atoms with Gasteiger partial charge in [-0.25, -0.2) is 5.43 Å². The molecule has 0 bridgehead atoms. The van der Waals surface area contributed by atoms with E-state index >= 15 is 0 Å². The van der Waals surface area contributed by atoms with Crippen LogP contribution < -0.4 is 11.0 Å². The van der Waals surface area contributed by atoms with Crippen LogP contribution in [0.3, 0.4) is 0 Å². The van der Waals surface area contributed by atoms with Crippen molar-refractivity contribution in [2.45, 2.75) is 13.8 Å². The maximum Gasteiger partial charge on any atom is 0.292 e. The van der Waals surface area contributed by atoms with E-state index < -0.39 is 11.5 Å². The summed E-state index contributed by atoms with van der Waals surface area (Å²) in [5, 5.41) is 17.4. The molecule has 0 aliphatic heterocycles. The predicted octanol–water partition coefficient (Wildman–Crippen LogP) is 1.88. The first kappa shape index (κ1) is 18.7. The van der Waals surface area contributed by atoms with Gasteiger partial charge in [0.2, 0.25) is 0 Å². The lowest BCUT2D eigenvalue weighted by atomic mass is 10.1. The number of hydrogen-bond acceptors (Lipinski definition) is 6. The minimum Gasteiger partial charge on any atom is -0.266 e. The molecule has 0 aliphatic rings. The molecular formula is C20H16N6O2. The molecule has 1 aromatic carbocycles. The highest BCUT2D eigenvalue weighted by Crippen LogP contribution is 2.11. The molecule has 1 N–H and O–H groups in total. The Morgan fingerprint density at radius 3 is 2.50 bits per heavy atom. The zero-order valence-electron chi connectivity index (χ0n) is 15.2. The number of nitrogens with one attached hydrogen (secondary N) is 1. The van der Waals surface area contributed by atoms with E-state index in [1.54, 1.807) is 36.7 Å². The van der Waals surface area contributed by atoms with E-state index in [2.05, 4.69) is 20.6 Å². The normalized spacial score (nSPS) is 10.6. The van der Waals surface area contributed by atoms with Crippen LogP contribution in [0.25, 0.3) is 5.69 Å². The molecule has 2 aromatic heterocycles. The van der Waals surface area contributed by atoms with Crippen LogP contribution in [-0.2, 0) is 0 Å². The number of nitrogens with zero attached hydrogens (tertiary/aromatic N) is 5. The molecule has 2 heterocycles. The lowest BCUT2D eigenvalue weighted by Gasteiger charge is -2.10. The number of carbonyl (C=O) groups excluding carboxylic acids is 1. The summed E-state index contributed by atoms with van der Waals surface area (Å²) in [6.07, 6.45) is 4.66. The minimum atomic E-state index is -0.625. The fourth-order valence-electron chi connectivity index (χ4n) is 2.48. The topological polar surface area (TPSA) is 113 Å². The highest BCUT2D eigenvalue weighted by atomic mass is 16.2. The van der Waals surface area contributed by atoms with E-state index in [0.717, 1.165) is 15.8 Å². The van der Waals surface area contributed by atoms with Gasteiger partial charge in [-0.1, -0.05) is 17.7 Å². The van der Waals surface area contributed by atoms with Crippen molar-refractivity contribution in [3.63, 3.8) is 0 Å². The van der Waals surface area contributed by atoms with Crippen LogP contribution in [-0.4, -0.2) is 26.9 Å². The van der Waals surface area contributed by atoms with Crippen LogP contribution in [0.5, 0.6) is 0 Å². The van der Waals surface area contributed by atoms with Gasteiger partial charge in [-0.2, -0.15) is 20.1 Å². The van der Waals surface area contributed by atoms with E-state index in [9.17, 15) is 14.9 Å². The summed E-state index contributed by atoms with van der Waals surface area (Å²) in [5.41, 5.74) is 4.02. The average Bonchev–Trinajstić information content (AvgIpc) is 2.70. The van der Waals surface area contributed by atoms with Gasteiger partial charge in [-0.3, -0.25) is 14.6 Å². The Hall–Kier alpha value is -4.12. The number of aryl methyl sites for hydroxylation is 1. The van der Waals surface area contributed by atoms with Crippen molar-refractivity contribution in [1.29, 1.82) is 5.26 Å². The highest BCUT2D eigenvalue weighted by Gasteiger charge is 2.20. The van der Waals surface area contributed by atoms with Gasteiger partial charge in [-0.05, 0) is 43.7 Å². The first-order chi connectivity index (χ1) is 13.5. The average molecular weight is 372 g/mol. The van der Waals surface area contributed by atoms with E-state index in [4.69, 9.17) is 0 Å². The Bertz CT molecular complexity index is 1140. The summed E-state index contributed by atoms with van der Waals surface area (Å²) in [6.45, 7) is 3.42. The summed E-state index contributed by atoms with van der Waals surface area (Å²) in [4.78, 5) is 29.0. The third-order valence-electron chi connectivity index (χ3n) is 4.03. The van der Waals surface area contributed by atoms with E-state index in [1.165, 1.54) is 13.1 Å². The van der Waals surface area contributed by atoms with Crippen molar-refractivity contribution in [2.24, 2.45) is 5.10 Å². The number of amides is 1. The largest absolute Gasteiger partial charge is 0.292 e. The minimum absolute atomic E-state index is 0.0522. The van der Waals surface area contributed by atoms with Crippen LogP contribution in [0.1, 0.15) is 32.7 Å². The molecule has 8 heteroatoms. The molecule has 1 amide bonds. The molecule has 3 rings (SSSR count). The monoisotopic (exact) mass is 372 g/mol. The summed E-state index contributed by atoms with van der Waals surface area (Å²) in [7, 11) is 0. The van der Waals surface area contributed by atoms with Crippen LogP contribution in [0.15, 0.2) is 58.7 Å². The van der Waals surface area contributed by atoms with Gasteiger partial charge in [0.15, 0.2) is 5.69 Å². The fraction of sp³-hybridized carbons (Fsp3) is 0.100. The molecule has 0 fully saturated rings. The van der Waals surface area contributed by atoms with Gasteiger partial charge in [-0.15, -0.1) is 0 Å². The van der Waals surface area contributed by atoms with Crippen molar-refractivity contribution in [2.75, 3.05) is 0 Å². The van der Waals surface area contributed by atoms with Crippen molar-refractivity contribution < 1.29 is 4.79 Å². The maximum atomic E-state index is 12.6. The van der Waals surface area contributed by atoms with Gasteiger partial charge < -0.3 is 0 Å². The fourth-order valence-corrected chi connectivity index (χ4v) is 2.48. The van der Waals surface area contributed by atoms with Crippen LogP contribution in [0.4, 0.5) is 0 Å². The second-order valence-corrected chi connectivity index (χ2v) is 5.99. The molecule has 0 saturated carbocycles. The maximum absolute atomic E-state index is 12.6. The Balaban J connectivity index is 1.98. The summed E-state index contributed by atoms with van der Waals surface area (Å²) < 4.78 is 1.05. The molecule has 0 atom stereocenters. The second-order valence-electron chi connectivity index (χ2n) is 5.99. The lowest BCUT2D eigenvalue weighted by molar-refractivity contribution is 0.0947. The van der Waals surface area contributed by atoms with Crippen molar-refractivity contribution >= 4 is 12.1 Å². The molecule has 0 saturated heterocycles. The zero-order valence-corrected chi connectivity index (χ0v) is 15.2. The summed E-state index contributed by atoms with van der Waals surface area (Å²) in [6, 6.07) is 12.3. The smallest absolute Gasteiger partial charge is 0.266 e. The Morgan fingerprint density at radius 1 is 1.18 bits per heavy atom. The molecule has 8 nitrogen and oxygen atoms in total. The highest BCUT2D eigenvalue weighted by molar-refractivity contribution is 5.94. The predicted molar refractivity (Wildman–Crippen MR) is 103 cm³/mol. The number of nitriles is 1. The number of benzene rings is 1. The van der Waals surface area contributed by atoms with Crippen LogP contribution in [0, 0.1) is 25.2 Å². The number of pyridine rings is 1. The first-order valence-electron chi connectivity index (χ1n) is 8.35. The quantitative estimate of drug-likeness (QED) is 0.555.